The molecule has 1 rings (SSSR count). The van der Waals surface area contributed by atoms with Crippen LogP contribution in [0, 0.1) is 18.4 Å². The minimum Gasteiger partial charge on any atom is -0.382 e. The van der Waals surface area contributed by atoms with Gasteiger partial charge in [-0.2, -0.15) is 0 Å². The summed E-state index contributed by atoms with van der Waals surface area (Å²) < 4.78 is 0. The normalized spacial score (nSPS) is 31.9. The van der Waals surface area contributed by atoms with E-state index in [9.17, 15) is 0 Å². The minimum absolute atomic E-state index is 0.432. The molecule has 0 bridgehead atoms. The molecule has 1 unspecified atom stereocenters. The maximum Gasteiger partial charge on any atom is 0.147 e. The van der Waals surface area contributed by atoms with Crippen LogP contribution in [0.5, 0.6) is 0 Å². The van der Waals surface area contributed by atoms with Gasteiger partial charge in [-0.05, 0) is 24.8 Å². The Kier molecular flexibility index (Phi) is 3.56. The molecule has 0 spiro atoms. The molecule has 0 aromatic heterocycles. The zero-order valence-corrected chi connectivity index (χ0v) is 9.49. The third kappa shape index (κ3) is 2.41. The molecule has 0 saturated heterocycles. The van der Waals surface area contributed by atoms with E-state index >= 15 is 0 Å². The molecule has 0 aliphatic carbocycles. The summed E-state index contributed by atoms with van der Waals surface area (Å²) in [6.07, 6.45) is 10.1. The lowest BCUT2D eigenvalue weighted by Crippen LogP contribution is -2.28. The van der Waals surface area contributed by atoms with E-state index < -0.39 is 0 Å². The van der Waals surface area contributed by atoms with Crippen molar-refractivity contribution in [3.63, 3.8) is 0 Å². The summed E-state index contributed by atoms with van der Waals surface area (Å²) in [6.45, 7) is 4.21. The van der Waals surface area contributed by atoms with Crippen LogP contribution < -0.4 is 5.73 Å². The van der Waals surface area contributed by atoms with E-state index in [1.165, 1.54) is 5.57 Å². The van der Waals surface area contributed by atoms with Crippen molar-refractivity contribution >= 4 is 5.84 Å². The van der Waals surface area contributed by atoms with E-state index in [4.69, 9.17) is 12.2 Å². The smallest absolute Gasteiger partial charge is 0.147 e. The van der Waals surface area contributed by atoms with Crippen molar-refractivity contribution in [1.29, 1.82) is 0 Å². The van der Waals surface area contributed by atoms with Gasteiger partial charge in [0.2, 0.25) is 0 Å². The molecule has 0 aromatic carbocycles. The number of hydrogen-bond donors (Lipinski definition) is 1. The first-order valence-corrected chi connectivity index (χ1v) is 4.97. The Morgan fingerprint density at radius 3 is 2.93 bits per heavy atom. The van der Waals surface area contributed by atoms with Gasteiger partial charge in [0.05, 0.1) is 5.70 Å². The highest BCUT2D eigenvalue weighted by molar-refractivity contribution is 5.97. The second-order valence-corrected chi connectivity index (χ2v) is 3.76. The summed E-state index contributed by atoms with van der Waals surface area (Å²) >= 11 is 0. The van der Waals surface area contributed by atoms with Crippen molar-refractivity contribution < 1.29 is 0 Å². The van der Waals surface area contributed by atoms with Gasteiger partial charge in [0.1, 0.15) is 5.84 Å². The summed E-state index contributed by atoms with van der Waals surface area (Å²) in [7, 11) is 1.82. The first kappa shape index (κ1) is 11.4. The van der Waals surface area contributed by atoms with Gasteiger partial charge in [-0.25, -0.2) is 4.99 Å². The standard InChI is InChI=1S/C12H17N3/c1-5-15(4)11-10(3)9(2)7-6-8-14-12(11)13/h1,6,8-9H,7H2,2-4H3,(H2,13,14)/b8-6+,11-10+. The first-order valence-electron chi connectivity index (χ1n) is 4.97. The first-order chi connectivity index (χ1) is 7.07. The van der Waals surface area contributed by atoms with Crippen molar-refractivity contribution in [3.8, 4) is 12.5 Å². The van der Waals surface area contributed by atoms with Crippen molar-refractivity contribution in [2.24, 2.45) is 16.6 Å². The fraction of sp³-hybridized carbons (Fsp3) is 0.417. The molecule has 15 heavy (non-hydrogen) atoms. The Morgan fingerprint density at radius 2 is 2.33 bits per heavy atom. The lowest BCUT2D eigenvalue weighted by molar-refractivity contribution is 0.587. The van der Waals surface area contributed by atoms with Gasteiger partial charge in [-0.1, -0.05) is 19.4 Å². The zero-order chi connectivity index (χ0) is 11.4. The summed E-state index contributed by atoms with van der Waals surface area (Å²) in [5.41, 5.74) is 7.92. The maximum atomic E-state index is 5.88. The number of nitrogens with zero attached hydrogens (tertiary/aromatic N) is 2. The number of rotatable bonds is 1. The fourth-order valence-corrected chi connectivity index (χ4v) is 1.57. The summed E-state index contributed by atoms with van der Waals surface area (Å²) in [4.78, 5) is 5.82. The second-order valence-electron chi connectivity index (χ2n) is 3.76. The van der Waals surface area contributed by atoms with E-state index in [0.717, 1.165) is 12.1 Å². The Balaban J connectivity index is 3.24. The molecule has 1 aliphatic rings. The number of nitrogens with two attached hydrogens (primary N) is 1. The van der Waals surface area contributed by atoms with Gasteiger partial charge in [-0.15, -0.1) is 0 Å². The molecular weight excluding hydrogens is 186 g/mol. The number of likely N-dealkylation sites (N-methyl/N-ethyl adjacent to an activating group) is 1. The van der Waals surface area contributed by atoms with E-state index in [1.54, 1.807) is 11.1 Å². The largest absolute Gasteiger partial charge is 0.382 e. The molecule has 0 aromatic rings. The lowest BCUT2D eigenvalue weighted by atomic mass is 9.95. The van der Waals surface area contributed by atoms with Crippen molar-refractivity contribution in [2.45, 2.75) is 20.3 Å². The highest BCUT2D eigenvalue weighted by atomic mass is 15.1. The molecule has 3 heteroatoms. The topological polar surface area (TPSA) is 41.6 Å². The molecule has 0 amide bonds. The fourth-order valence-electron chi connectivity index (χ4n) is 1.57. The Labute approximate surface area is 91.4 Å². The number of terminal acetylenes is 1. The summed E-state index contributed by atoms with van der Waals surface area (Å²) in [6, 6.07) is 2.55. The summed E-state index contributed by atoms with van der Waals surface area (Å²) in [5, 5.41) is 0. The molecule has 3 nitrogen and oxygen atoms in total. The SMILES string of the molecule is C#CN(C)C1=C(\C)C(C)C/C=C/N=C\1N. The van der Waals surface area contributed by atoms with Gasteiger partial charge >= 0.3 is 0 Å². The summed E-state index contributed by atoms with van der Waals surface area (Å²) in [5.74, 6) is 0.914. The van der Waals surface area contributed by atoms with Crippen LogP contribution in [0.3, 0.4) is 0 Å². The molecule has 2 N–H and O–H groups in total. The van der Waals surface area contributed by atoms with Gasteiger partial charge < -0.3 is 10.6 Å². The Hall–Kier alpha value is -1.69. The van der Waals surface area contributed by atoms with Crippen LogP contribution in [0.25, 0.3) is 0 Å². The molecule has 1 heterocycles. The predicted octanol–water partition coefficient (Wildman–Crippen LogP) is 1.69. The lowest BCUT2D eigenvalue weighted by Gasteiger charge is -2.22. The third-order valence-corrected chi connectivity index (χ3v) is 2.69. The zero-order valence-electron chi connectivity index (χ0n) is 9.49. The van der Waals surface area contributed by atoms with E-state index in [2.05, 4.69) is 24.9 Å². The molecule has 80 valence electrons. The molecule has 0 fully saturated rings. The Bertz CT molecular complexity index is 369. The average molecular weight is 203 g/mol. The average Bonchev–Trinajstić information content (AvgIpc) is 2.22. The van der Waals surface area contributed by atoms with Crippen molar-refractivity contribution in [2.75, 3.05) is 7.05 Å². The number of aliphatic imine (C=N–C) groups is 1. The van der Waals surface area contributed by atoms with E-state index in [0.29, 0.717) is 11.8 Å². The van der Waals surface area contributed by atoms with Crippen molar-refractivity contribution in [1.82, 2.24) is 4.90 Å². The number of allylic oxidation sites excluding steroid dienone is 2. The maximum absolute atomic E-state index is 5.88. The molecule has 0 saturated carbocycles. The second kappa shape index (κ2) is 4.70. The van der Waals surface area contributed by atoms with Crippen LogP contribution in [-0.4, -0.2) is 17.8 Å². The number of hydrogen-bond acceptors (Lipinski definition) is 3. The van der Waals surface area contributed by atoms with Gasteiger partial charge in [0, 0.05) is 19.3 Å². The highest BCUT2D eigenvalue weighted by Gasteiger charge is 2.16. The van der Waals surface area contributed by atoms with Crippen molar-refractivity contribution in [3.05, 3.63) is 23.5 Å². The van der Waals surface area contributed by atoms with Gasteiger partial charge in [-0.3, -0.25) is 0 Å². The van der Waals surface area contributed by atoms with Crippen LogP contribution in [0.1, 0.15) is 20.3 Å². The van der Waals surface area contributed by atoms with Gasteiger partial charge in [0.15, 0.2) is 0 Å². The quantitative estimate of drug-likeness (QED) is 0.520. The minimum atomic E-state index is 0.432. The van der Waals surface area contributed by atoms with E-state index in [-0.39, 0.29) is 0 Å². The van der Waals surface area contributed by atoms with Crippen LogP contribution in [0.4, 0.5) is 0 Å². The predicted molar refractivity (Wildman–Crippen MR) is 63.8 cm³/mol. The third-order valence-electron chi connectivity index (χ3n) is 2.69. The van der Waals surface area contributed by atoms with Crippen LogP contribution in [-0.2, 0) is 0 Å². The van der Waals surface area contributed by atoms with Gasteiger partial charge in [0.25, 0.3) is 0 Å². The molecule has 1 aliphatic heterocycles. The highest BCUT2D eigenvalue weighted by Crippen LogP contribution is 2.22. The van der Waals surface area contributed by atoms with Crippen LogP contribution in [0.2, 0.25) is 0 Å². The Morgan fingerprint density at radius 1 is 1.67 bits per heavy atom. The molecule has 0 radical (unpaired) electrons. The number of amidine groups is 1. The molecule has 1 atom stereocenters. The van der Waals surface area contributed by atoms with Crippen LogP contribution in [0.15, 0.2) is 28.5 Å². The monoisotopic (exact) mass is 203 g/mol. The molecular formula is C12H17N3. The van der Waals surface area contributed by atoms with E-state index in [1.807, 2.05) is 13.1 Å². The van der Waals surface area contributed by atoms with Crippen LogP contribution >= 0.6 is 0 Å².